The Labute approximate surface area is 210 Å². The number of amides is 2. The summed E-state index contributed by atoms with van der Waals surface area (Å²) in [5.41, 5.74) is 1.27. The van der Waals surface area contributed by atoms with Gasteiger partial charge >= 0.3 is 0 Å². The Balaban J connectivity index is 1.53. The quantitative estimate of drug-likeness (QED) is 0.662. The number of piperidine rings is 1. The number of rotatable bonds is 4. The van der Waals surface area contributed by atoms with Gasteiger partial charge in [0.25, 0.3) is 5.91 Å². The average molecular weight is 502 g/mol. The summed E-state index contributed by atoms with van der Waals surface area (Å²) < 4.78 is 42.4. The van der Waals surface area contributed by atoms with Crippen LogP contribution in [0.25, 0.3) is 0 Å². The molecule has 1 unspecified atom stereocenters. The van der Waals surface area contributed by atoms with Gasteiger partial charge in [-0.2, -0.15) is 0 Å². The highest BCUT2D eigenvalue weighted by Gasteiger charge is 2.44. The van der Waals surface area contributed by atoms with Crippen LogP contribution in [0.5, 0.6) is 0 Å². The fourth-order valence-corrected chi connectivity index (χ4v) is 5.58. The predicted molar refractivity (Wildman–Crippen MR) is 132 cm³/mol. The van der Waals surface area contributed by atoms with Crippen molar-refractivity contribution < 1.29 is 22.8 Å². The molecule has 5 nitrogen and oxygen atoms in total. The fourth-order valence-electron chi connectivity index (χ4n) is 5.58. The molecule has 2 atom stereocenters. The Morgan fingerprint density at radius 3 is 2.17 bits per heavy atom. The van der Waals surface area contributed by atoms with Crippen molar-refractivity contribution in [1.82, 2.24) is 15.1 Å². The molecular formula is C28H34F3N3O2. The van der Waals surface area contributed by atoms with Gasteiger partial charge in [-0.1, -0.05) is 6.07 Å². The predicted octanol–water partition coefficient (Wildman–Crippen LogP) is 4.68. The number of likely N-dealkylation sites (tertiary alicyclic amines) is 2. The molecule has 0 spiro atoms. The summed E-state index contributed by atoms with van der Waals surface area (Å²) in [6.45, 7) is 8.13. The second-order valence-electron chi connectivity index (χ2n) is 10.9. The lowest BCUT2D eigenvalue weighted by Gasteiger charge is -2.35. The average Bonchev–Trinajstić information content (AvgIpc) is 3.29. The van der Waals surface area contributed by atoms with Crippen LogP contribution in [0.15, 0.2) is 36.4 Å². The van der Waals surface area contributed by atoms with Gasteiger partial charge in [0.1, 0.15) is 17.5 Å². The van der Waals surface area contributed by atoms with E-state index in [4.69, 9.17) is 0 Å². The van der Waals surface area contributed by atoms with Crippen LogP contribution in [0, 0.1) is 23.4 Å². The van der Waals surface area contributed by atoms with E-state index in [9.17, 15) is 22.8 Å². The van der Waals surface area contributed by atoms with Crippen LogP contribution in [-0.2, 0) is 4.79 Å². The van der Waals surface area contributed by atoms with Crippen molar-refractivity contribution in [2.75, 3.05) is 33.2 Å². The first-order chi connectivity index (χ1) is 17.0. The summed E-state index contributed by atoms with van der Waals surface area (Å²) in [4.78, 5) is 30.0. The molecule has 2 fully saturated rings. The summed E-state index contributed by atoms with van der Waals surface area (Å²) in [5.74, 6) is -2.83. The molecule has 2 heterocycles. The van der Waals surface area contributed by atoms with E-state index in [0.29, 0.717) is 55.7 Å². The van der Waals surface area contributed by atoms with Gasteiger partial charge in [0.05, 0.1) is 5.92 Å². The van der Waals surface area contributed by atoms with Crippen LogP contribution in [0.3, 0.4) is 0 Å². The zero-order chi connectivity index (χ0) is 26.2. The first-order valence-electron chi connectivity index (χ1n) is 12.5. The Hall–Kier alpha value is -2.87. The normalized spacial score (nSPS) is 21.6. The molecule has 0 saturated carbocycles. The van der Waals surface area contributed by atoms with Gasteiger partial charge < -0.3 is 10.2 Å². The highest BCUT2D eigenvalue weighted by atomic mass is 19.1. The Bertz CT molecular complexity index is 1140. The number of carbonyl (C=O) groups is 2. The topological polar surface area (TPSA) is 52.7 Å². The second kappa shape index (κ2) is 10.2. The zero-order valence-corrected chi connectivity index (χ0v) is 21.3. The molecule has 8 heteroatoms. The van der Waals surface area contributed by atoms with E-state index in [1.165, 1.54) is 30.3 Å². The second-order valence-corrected chi connectivity index (χ2v) is 10.9. The van der Waals surface area contributed by atoms with Crippen LogP contribution in [0.4, 0.5) is 13.2 Å². The smallest absolute Gasteiger partial charge is 0.251 e. The standard InChI is InChI=1S/C28H34F3N3O2/c1-28(2,3)34-15-23(20-7-5-19(30)14-25(20)31)24(16-34)27(36)33-11-9-17(10-12-33)22-13-18(29)6-8-21(22)26(35)32-4/h5-8,13-14,17,23-24H,9-12,15-16H2,1-4H3,(H,32,35)/t23-,24?/m0/s1. The number of halogens is 3. The van der Waals surface area contributed by atoms with E-state index in [0.717, 1.165) is 6.07 Å². The number of carbonyl (C=O) groups excluding carboxylic acids is 2. The lowest BCUT2D eigenvalue weighted by molar-refractivity contribution is -0.136. The molecule has 2 amide bonds. The van der Waals surface area contributed by atoms with Crippen molar-refractivity contribution in [3.63, 3.8) is 0 Å². The molecule has 2 aliphatic rings. The van der Waals surface area contributed by atoms with Gasteiger partial charge in [-0.3, -0.25) is 14.5 Å². The molecule has 0 aromatic heterocycles. The monoisotopic (exact) mass is 501 g/mol. The molecule has 0 aliphatic carbocycles. The van der Waals surface area contributed by atoms with Gasteiger partial charge in [-0.05, 0) is 74.9 Å². The summed E-state index contributed by atoms with van der Waals surface area (Å²) >= 11 is 0. The number of nitrogens with one attached hydrogen (secondary N) is 1. The number of benzene rings is 2. The van der Waals surface area contributed by atoms with Crippen molar-refractivity contribution in [2.45, 2.75) is 51.0 Å². The molecule has 4 rings (SSSR count). The van der Waals surface area contributed by atoms with E-state index in [1.54, 1.807) is 11.9 Å². The molecule has 2 aromatic carbocycles. The minimum absolute atomic E-state index is 0.0420. The van der Waals surface area contributed by atoms with E-state index in [-0.39, 0.29) is 29.2 Å². The zero-order valence-electron chi connectivity index (χ0n) is 21.3. The Morgan fingerprint density at radius 2 is 1.56 bits per heavy atom. The van der Waals surface area contributed by atoms with Crippen LogP contribution < -0.4 is 5.32 Å². The molecule has 36 heavy (non-hydrogen) atoms. The fraction of sp³-hybridized carbons (Fsp3) is 0.500. The van der Waals surface area contributed by atoms with Gasteiger partial charge in [0.2, 0.25) is 5.91 Å². The van der Waals surface area contributed by atoms with Crippen LogP contribution in [0.2, 0.25) is 0 Å². The molecule has 2 aliphatic heterocycles. The van der Waals surface area contributed by atoms with Crippen molar-refractivity contribution in [3.8, 4) is 0 Å². The third kappa shape index (κ3) is 5.28. The third-order valence-corrected chi connectivity index (χ3v) is 7.68. The van der Waals surface area contributed by atoms with E-state index >= 15 is 0 Å². The molecule has 0 radical (unpaired) electrons. The van der Waals surface area contributed by atoms with Crippen LogP contribution in [0.1, 0.15) is 66.9 Å². The van der Waals surface area contributed by atoms with E-state index in [1.807, 2.05) is 0 Å². The summed E-state index contributed by atoms with van der Waals surface area (Å²) in [5, 5.41) is 2.60. The Kier molecular flexibility index (Phi) is 7.46. The molecule has 1 N–H and O–H groups in total. The largest absolute Gasteiger partial charge is 0.355 e. The molecule has 2 aromatic rings. The number of nitrogens with zero attached hydrogens (tertiary/aromatic N) is 2. The van der Waals surface area contributed by atoms with Gasteiger partial charge in [0.15, 0.2) is 0 Å². The summed E-state index contributed by atoms with van der Waals surface area (Å²) in [6, 6.07) is 7.78. The van der Waals surface area contributed by atoms with Crippen LogP contribution >= 0.6 is 0 Å². The van der Waals surface area contributed by atoms with Crippen molar-refractivity contribution in [1.29, 1.82) is 0 Å². The highest BCUT2D eigenvalue weighted by molar-refractivity contribution is 5.95. The molecule has 194 valence electrons. The third-order valence-electron chi connectivity index (χ3n) is 7.68. The summed E-state index contributed by atoms with van der Waals surface area (Å²) in [6.07, 6.45) is 1.20. The minimum atomic E-state index is -0.639. The molecule has 2 saturated heterocycles. The molecule has 0 bridgehead atoms. The summed E-state index contributed by atoms with van der Waals surface area (Å²) in [7, 11) is 1.54. The maximum Gasteiger partial charge on any atom is 0.251 e. The lowest BCUT2D eigenvalue weighted by atomic mass is 9.84. The van der Waals surface area contributed by atoms with Crippen molar-refractivity contribution in [3.05, 3.63) is 70.5 Å². The molecular weight excluding hydrogens is 467 g/mol. The van der Waals surface area contributed by atoms with Crippen molar-refractivity contribution >= 4 is 11.8 Å². The minimum Gasteiger partial charge on any atom is -0.355 e. The van der Waals surface area contributed by atoms with Crippen LogP contribution in [-0.4, -0.2) is 60.4 Å². The van der Waals surface area contributed by atoms with E-state index < -0.39 is 23.4 Å². The number of hydrogen-bond donors (Lipinski definition) is 1. The highest BCUT2D eigenvalue weighted by Crippen LogP contribution is 2.40. The first-order valence-corrected chi connectivity index (χ1v) is 12.5. The van der Waals surface area contributed by atoms with Crippen molar-refractivity contribution in [2.24, 2.45) is 5.92 Å². The Morgan fingerprint density at radius 1 is 0.917 bits per heavy atom. The maximum absolute atomic E-state index is 14.8. The lowest BCUT2D eigenvalue weighted by Crippen LogP contribution is -2.44. The SMILES string of the molecule is CNC(=O)c1ccc(F)cc1C1CCN(C(=O)C2CN(C(C)(C)C)C[C@H]2c2ccc(F)cc2F)CC1. The number of hydrogen-bond acceptors (Lipinski definition) is 3. The first kappa shape index (κ1) is 26.2. The van der Waals surface area contributed by atoms with Gasteiger partial charge in [-0.25, -0.2) is 13.2 Å². The van der Waals surface area contributed by atoms with E-state index in [2.05, 4.69) is 31.0 Å². The maximum atomic E-state index is 14.8. The van der Waals surface area contributed by atoms with Gasteiger partial charge in [0, 0.05) is 56.3 Å². The van der Waals surface area contributed by atoms with Gasteiger partial charge in [-0.15, -0.1) is 0 Å².